The van der Waals surface area contributed by atoms with Gasteiger partial charge in [-0.05, 0) is 31.5 Å². The number of hydrogen-bond donors (Lipinski definition) is 2. The third-order valence-electron chi connectivity index (χ3n) is 4.95. The zero-order chi connectivity index (χ0) is 20.4. The summed E-state index contributed by atoms with van der Waals surface area (Å²) in [6.07, 6.45) is 2.08. The maximum Gasteiger partial charge on any atom is 0.127 e. The van der Waals surface area contributed by atoms with Crippen LogP contribution in [-0.2, 0) is 7.05 Å². The monoisotopic (exact) mass is 376 g/mol. The summed E-state index contributed by atoms with van der Waals surface area (Å²) >= 11 is 0. The molecular formula is C22H28N6. The highest BCUT2D eigenvalue weighted by Gasteiger charge is 2.22. The van der Waals surface area contributed by atoms with Gasteiger partial charge < -0.3 is 15.5 Å². The summed E-state index contributed by atoms with van der Waals surface area (Å²) in [6, 6.07) is 7.73. The van der Waals surface area contributed by atoms with Crippen molar-refractivity contribution in [2.45, 2.75) is 13.8 Å². The predicted molar refractivity (Wildman–Crippen MR) is 117 cm³/mol. The fraction of sp³-hybridized carbons (Fsp3) is 0.318. The molecule has 0 amide bonds. The third-order valence-corrected chi connectivity index (χ3v) is 4.95. The van der Waals surface area contributed by atoms with E-state index in [1.54, 1.807) is 0 Å². The van der Waals surface area contributed by atoms with Crippen LogP contribution in [0.3, 0.4) is 0 Å². The Hall–Kier alpha value is -3.24. The summed E-state index contributed by atoms with van der Waals surface area (Å²) in [5.41, 5.74) is 14.7. The van der Waals surface area contributed by atoms with Crippen molar-refractivity contribution in [2.24, 2.45) is 7.05 Å². The van der Waals surface area contributed by atoms with E-state index in [-0.39, 0.29) is 0 Å². The smallest absolute Gasteiger partial charge is 0.127 e. The molecule has 6 nitrogen and oxygen atoms in total. The molecule has 1 aromatic heterocycles. The number of hydrogen-bond acceptors (Lipinski definition) is 5. The number of nitrogens with one attached hydrogen (secondary N) is 1. The van der Waals surface area contributed by atoms with E-state index in [9.17, 15) is 0 Å². The zero-order valence-electron chi connectivity index (χ0n) is 17.1. The van der Waals surface area contributed by atoms with Gasteiger partial charge in [0.05, 0.1) is 18.0 Å². The minimum absolute atomic E-state index is 0.331. The third kappa shape index (κ3) is 3.87. The molecule has 0 unspecified atom stereocenters. The highest BCUT2D eigenvalue weighted by molar-refractivity contribution is 6.13. The predicted octanol–water partition coefficient (Wildman–Crippen LogP) is 3.26. The Morgan fingerprint density at radius 3 is 2.68 bits per heavy atom. The van der Waals surface area contributed by atoms with Gasteiger partial charge in [0.25, 0.3) is 0 Å². The van der Waals surface area contributed by atoms with Crippen molar-refractivity contribution in [2.75, 3.05) is 37.3 Å². The summed E-state index contributed by atoms with van der Waals surface area (Å²) < 4.78 is 1.83. The first-order valence-corrected chi connectivity index (χ1v) is 9.33. The molecule has 1 aromatic carbocycles. The number of benzene rings is 1. The number of aryl methyl sites for hydroxylation is 1. The van der Waals surface area contributed by atoms with Crippen molar-refractivity contribution < 1.29 is 0 Å². The molecule has 0 radical (unpaired) electrons. The Kier molecular flexibility index (Phi) is 5.43. The largest absolute Gasteiger partial charge is 0.398 e. The van der Waals surface area contributed by atoms with Crippen molar-refractivity contribution in [1.29, 1.82) is 5.41 Å². The number of rotatable bonds is 4. The summed E-state index contributed by atoms with van der Waals surface area (Å²) in [7, 11) is 3.96. The average Bonchev–Trinajstić information content (AvgIpc) is 3.04. The van der Waals surface area contributed by atoms with Crippen molar-refractivity contribution in [3.8, 4) is 0 Å². The van der Waals surface area contributed by atoms with Gasteiger partial charge in [-0.2, -0.15) is 5.10 Å². The lowest BCUT2D eigenvalue weighted by atomic mass is 10.0. The maximum absolute atomic E-state index is 8.69. The average molecular weight is 377 g/mol. The summed E-state index contributed by atoms with van der Waals surface area (Å²) in [5.74, 6) is 0.972. The Balaban J connectivity index is 1.92. The molecule has 1 fully saturated rings. The second-order valence-electron chi connectivity index (χ2n) is 7.42. The van der Waals surface area contributed by atoms with Crippen molar-refractivity contribution in [3.63, 3.8) is 0 Å². The molecule has 1 saturated heterocycles. The fourth-order valence-electron chi connectivity index (χ4n) is 3.40. The molecule has 0 atom stereocenters. The molecule has 2 heterocycles. The van der Waals surface area contributed by atoms with E-state index in [4.69, 9.17) is 11.1 Å². The van der Waals surface area contributed by atoms with Crippen LogP contribution in [0.25, 0.3) is 6.08 Å². The van der Waals surface area contributed by atoms with Gasteiger partial charge in [0.15, 0.2) is 0 Å². The highest BCUT2D eigenvalue weighted by Crippen LogP contribution is 2.24. The van der Waals surface area contributed by atoms with Gasteiger partial charge in [0.1, 0.15) is 11.5 Å². The van der Waals surface area contributed by atoms with Crippen LogP contribution >= 0.6 is 0 Å². The van der Waals surface area contributed by atoms with Crippen molar-refractivity contribution in [3.05, 3.63) is 64.7 Å². The second kappa shape index (κ2) is 7.79. The Bertz CT molecular complexity index is 986. The molecule has 28 heavy (non-hydrogen) atoms. The molecule has 1 aliphatic rings. The van der Waals surface area contributed by atoms with E-state index >= 15 is 0 Å². The molecule has 0 bridgehead atoms. The molecule has 3 N–H and O–H groups in total. The zero-order valence-corrected chi connectivity index (χ0v) is 17.1. The van der Waals surface area contributed by atoms with E-state index in [1.807, 2.05) is 49.8 Å². The van der Waals surface area contributed by atoms with Crippen LogP contribution in [0, 0.1) is 5.41 Å². The molecule has 146 valence electrons. The standard InChI is InChI=1S/C22H28N6/c1-6-17-14-28(10-9-26(17)4)21-13-20(25-27(21)5)22(24)18-12-16(11-15(2)3)7-8-19(18)23/h7-8,11-13,24H,1,9-10,14,23H2,2-5H3. The van der Waals surface area contributed by atoms with Gasteiger partial charge in [0, 0.05) is 44.5 Å². The van der Waals surface area contributed by atoms with E-state index in [2.05, 4.69) is 40.3 Å². The maximum atomic E-state index is 8.69. The lowest BCUT2D eigenvalue weighted by Gasteiger charge is -2.35. The number of nitrogens with zero attached hydrogens (tertiary/aromatic N) is 4. The first kappa shape index (κ1) is 19.5. The van der Waals surface area contributed by atoms with Crippen LogP contribution in [0.15, 0.2) is 47.8 Å². The molecule has 0 spiro atoms. The minimum Gasteiger partial charge on any atom is -0.398 e. The van der Waals surface area contributed by atoms with Crippen molar-refractivity contribution >= 4 is 23.3 Å². The Morgan fingerprint density at radius 1 is 1.25 bits per heavy atom. The second-order valence-corrected chi connectivity index (χ2v) is 7.42. The topological polar surface area (TPSA) is 74.2 Å². The number of nitrogens with two attached hydrogens (primary N) is 1. The number of nitrogen functional groups attached to an aromatic ring is 1. The quantitative estimate of drug-likeness (QED) is 0.488. The molecule has 3 rings (SSSR count). The number of piperazine rings is 1. The normalized spacial score (nSPS) is 14.1. The Labute approximate surface area is 166 Å². The SMILES string of the molecule is C=C=C1CN(c2cc(C(=N)c3cc(C=C(C)C)ccc3N)nn2C)CCN1C. The first-order chi connectivity index (χ1) is 13.3. The number of likely N-dealkylation sites (N-methyl/N-ethyl adjacent to an activating group) is 1. The number of aromatic nitrogens is 2. The summed E-state index contributed by atoms with van der Waals surface area (Å²) in [6.45, 7) is 10.4. The lowest BCUT2D eigenvalue weighted by Crippen LogP contribution is -2.43. The van der Waals surface area contributed by atoms with Crippen LogP contribution in [0.2, 0.25) is 0 Å². The van der Waals surface area contributed by atoms with E-state index < -0.39 is 0 Å². The van der Waals surface area contributed by atoms with Crippen molar-refractivity contribution in [1.82, 2.24) is 14.7 Å². The lowest BCUT2D eigenvalue weighted by molar-refractivity contribution is 0.379. The first-order valence-electron chi connectivity index (χ1n) is 9.33. The summed E-state index contributed by atoms with van der Waals surface area (Å²) in [4.78, 5) is 4.40. The van der Waals surface area contributed by atoms with Gasteiger partial charge in [-0.15, -0.1) is 5.73 Å². The van der Waals surface area contributed by atoms with Gasteiger partial charge >= 0.3 is 0 Å². The molecule has 0 saturated carbocycles. The molecule has 2 aromatic rings. The van der Waals surface area contributed by atoms with Crippen LogP contribution in [0.5, 0.6) is 0 Å². The summed E-state index contributed by atoms with van der Waals surface area (Å²) in [5, 5.41) is 13.3. The molecular weight excluding hydrogens is 348 g/mol. The minimum atomic E-state index is 0.331. The van der Waals surface area contributed by atoms with Crippen LogP contribution in [0.1, 0.15) is 30.7 Å². The number of anilines is 2. The van der Waals surface area contributed by atoms with Gasteiger partial charge in [-0.3, -0.25) is 10.1 Å². The van der Waals surface area contributed by atoms with Gasteiger partial charge in [-0.25, -0.2) is 0 Å². The molecule has 0 aliphatic carbocycles. The fourth-order valence-corrected chi connectivity index (χ4v) is 3.40. The Morgan fingerprint density at radius 2 is 2.00 bits per heavy atom. The number of allylic oxidation sites excluding steroid dienone is 1. The van der Waals surface area contributed by atoms with Crippen LogP contribution < -0.4 is 10.6 Å². The van der Waals surface area contributed by atoms with Crippen LogP contribution in [-0.4, -0.2) is 47.1 Å². The molecule has 6 heteroatoms. The van der Waals surface area contributed by atoms with E-state index in [0.29, 0.717) is 22.7 Å². The van der Waals surface area contributed by atoms with E-state index in [1.165, 1.54) is 5.57 Å². The van der Waals surface area contributed by atoms with E-state index in [0.717, 1.165) is 36.7 Å². The molecule has 1 aliphatic heterocycles. The van der Waals surface area contributed by atoms with Crippen LogP contribution in [0.4, 0.5) is 11.5 Å². The van der Waals surface area contributed by atoms with Gasteiger partial charge in [0.2, 0.25) is 0 Å². The van der Waals surface area contributed by atoms with Gasteiger partial charge in [-0.1, -0.05) is 24.3 Å². The highest BCUT2D eigenvalue weighted by atomic mass is 15.4.